The third kappa shape index (κ3) is 14.1. The lowest BCUT2D eigenvalue weighted by molar-refractivity contribution is -0.0925. The second-order valence-corrected chi connectivity index (χ2v) is 21.7. The molecule has 0 spiro atoms. The average Bonchev–Trinajstić information content (AvgIpc) is 3.92. The van der Waals surface area contributed by atoms with Crippen LogP contribution in [-0.2, 0) is 33.1 Å². The summed E-state index contributed by atoms with van der Waals surface area (Å²) in [5, 5.41) is 15.1. The molecule has 0 aliphatic carbocycles. The quantitative estimate of drug-likeness (QED) is 0.0216. The van der Waals surface area contributed by atoms with Crippen LogP contribution in [0.2, 0.25) is 0 Å². The molecule has 6 aromatic carbocycles. The molecular weight excluding hydrogens is 1040 g/mol. The van der Waals surface area contributed by atoms with Crippen LogP contribution >= 0.6 is 20.6 Å². The van der Waals surface area contributed by atoms with E-state index in [1.165, 1.54) is 16.6 Å². The fourth-order valence-electron chi connectivity index (χ4n) is 9.81. The number of nitrogens with zero attached hydrogens (tertiary/aromatic N) is 4. The number of anilines is 1. The minimum absolute atomic E-state index is 0.00147. The summed E-state index contributed by atoms with van der Waals surface area (Å²) in [7, 11) is 1.52. The first-order valence-electron chi connectivity index (χ1n) is 26.5. The largest absolute Gasteiger partial charge is 0.497 e. The standard InChI is InChI=1S/C62H69N6O9PS/c1-45(2)68(46(3)4)78(74-41-19-38-63)77-55-43-58(76-56(55)44-73-61(47-21-11-7-12-22-47,48-29-33-53(71-5)34-30-48)49-31-35-54(72-6)36-32-49)67-40-37-57(66-60(67)70)65-59(69)64-39-20-42-75-79-62(50-23-13-8-14-24-50,51-25-15-9-16-26-51)52-27-17-10-18-28-52/h7-18,21-37,40,45-46,55-56,58H,19-20,39,41-44H2,1-6H3,(H2,64,65,66,69,70)/t55-,56+,58+,78?/m0/s1. The molecule has 412 valence electrons. The number of ether oxygens (including phenoxy) is 4. The molecule has 1 aromatic heterocycles. The topological polar surface area (TPSA) is 168 Å². The lowest BCUT2D eigenvalue weighted by Gasteiger charge is -2.39. The molecular formula is C62H69N6O9PS. The number of methoxy groups -OCH3 is 2. The summed E-state index contributed by atoms with van der Waals surface area (Å²) >= 11 is 1.39. The Kier molecular flexibility index (Phi) is 20.9. The van der Waals surface area contributed by atoms with Crippen molar-refractivity contribution in [2.24, 2.45) is 0 Å². The molecule has 15 nitrogen and oxygen atoms in total. The molecule has 1 unspecified atom stereocenters. The smallest absolute Gasteiger partial charge is 0.351 e. The van der Waals surface area contributed by atoms with E-state index in [0.29, 0.717) is 31.1 Å². The zero-order valence-corrected chi connectivity index (χ0v) is 47.2. The van der Waals surface area contributed by atoms with Crippen LogP contribution in [0.25, 0.3) is 0 Å². The Labute approximate surface area is 469 Å². The van der Waals surface area contributed by atoms with Crippen LogP contribution < -0.4 is 25.8 Å². The van der Waals surface area contributed by atoms with Gasteiger partial charge in [0.2, 0.25) is 0 Å². The van der Waals surface area contributed by atoms with Gasteiger partial charge in [-0.15, -0.1) is 0 Å². The molecule has 8 rings (SSSR count). The number of aromatic nitrogens is 2. The Hall–Kier alpha value is -6.90. The van der Waals surface area contributed by atoms with Crippen molar-refractivity contribution >= 4 is 32.4 Å². The van der Waals surface area contributed by atoms with E-state index >= 15 is 0 Å². The van der Waals surface area contributed by atoms with Crippen molar-refractivity contribution < 1.29 is 37.0 Å². The molecule has 79 heavy (non-hydrogen) atoms. The van der Waals surface area contributed by atoms with Crippen LogP contribution in [0.4, 0.5) is 10.6 Å². The molecule has 7 aromatic rings. The van der Waals surface area contributed by atoms with E-state index in [0.717, 1.165) is 33.4 Å². The van der Waals surface area contributed by atoms with Crippen LogP contribution in [-0.4, -0.2) is 85.1 Å². The van der Waals surface area contributed by atoms with Gasteiger partial charge in [0.05, 0.1) is 52.6 Å². The summed E-state index contributed by atoms with van der Waals surface area (Å²) in [6.45, 7) is 9.11. The maximum atomic E-state index is 14.0. The summed E-state index contributed by atoms with van der Waals surface area (Å²) in [4.78, 5) is 31.6. The lowest BCUT2D eigenvalue weighted by Crippen LogP contribution is -2.39. The number of nitriles is 1. The molecule has 1 aliphatic heterocycles. The molecule has 2 amide bonds. The molecule has 2 N–H and O–H groups in total. The zero-order chi connectivity index (χ0) is 55.6. The van der Waals surface area contributed by atoms with Crippen LogP contribution in [0.5, 0.6) is 11.5 Å². The first-order valence-corrected chi connectivity index (χ1v) is 28.4. The second kappa shape index (κ2) is 28.3. The van der Waals surface area contributed by atoms with Gasteiger partial charge in [0.15, 0.2) is 0 Å². The van der Waals surface area contributed by atoms with Gasteiger partial charge in [-0.2, -0.15) is 10.2 Å². The van der Waals surface area contributed by atoms with Crippen LogP contribution in [0, 0.1) is 11.3 Å². The molecule has 2 heterocycles. The summed E-state index contributed by atoms with van der Waals surface area (Å²) in [6.07, 6.45) is 0.214. The van der Waals surface area contributed by atoms with Gasteiger partial charge in [0.1, 0.15) is 40.0 Å². The summed E-state index contributed by atoms with van der Waals surface area (Å²) in [6, 6.07) is 59.6. The Morgan fingerprint density at radius 2 is 1.25 bits per heavy atom. The van der Waals surface area contributed by atoms with Gasteiger partial charge in [-0.3, -0.25) is 9.88 Å². The zero-order valence-electron chi connectivity index (χ0n) is 45.5. The maximum absolute atomic E-state index is 14.0. The van der Waals surface area contributed by atoms with E-state index in [2.05, 4.69) is 90.5 Å². The Bertz CT molecular complexity index is 2930. The number of nitrogens with one attached hydrogen (secondary N) is 2. The van der Waals surface area contributed by atoms with Crippen LogP contribution in [0.3, 0.4) is 0 Å². The minimum Gasteiger partial charge on any atom is -0.497 e. The number of hydrogen-bond donors (Lipinski definition) is 2. The highest BCUT2D eigenvalue weighted by Gasteiger charge is 2.45. The fourth-order valence-corrected chi connectivity index (χ4v) is 12.6. The Morgan fingerprint density at radius 3 is 1.73 bits per heavy atom. The summed E-state index contributed by atoms with van der Waals surface area (Å²) in [5.74, 6) is 1.44. The molecule has 1 saturated heterocycles. The van der Waals surface area contributed by atoms with E-state index < -0.39 is 49.0 Å². The Balaban J connectivity index is 0.992. The van der Waals surface area contributed by atoms with Crippen molar-refractivity contribution in [1.29, 1.82) is 5.26 Å². The van der Waals surface area contributed by atoms with Gasteiger partial charge >= 0.3 is 11.7 Å². The summed E-state index contributed by atoms with van der Waals surface area (Å²) < 4.78 is 48.0. The van der Waals surface area contributed by atoms with E-state index in [4.69, 9.17) is 32.2 Å². The molecule has 0 bridgehead atoms. The van der Waals surface area contributed by atoms with Crippen LogP contribution in [0.15, 0.2) is 187 Å². The maximum Gasteiger partial charge on any atom is 0.351 e. The molecule has 17 heteroatoms. The first kappa shape index (κ1) is 58.3. The Morgan fingerprint density at radius 1 is 0.747 bits per heavy atom. The van der Waals surface area contributed by atoms with Crippen LogP contribution in [0.1, 0.15) is 86.6 Å². The highest BCUT2D eigenvalue weighted by atomic mass is 32.2. The molecule has 1 aliphatic rings. The van der Waals surface area contributed by atoms with Crippen molar-refractivity contribution in [3.05, 3.63) is 226 Å². The van der Waals surface area contributed by atoms with Crippen molar-refractivity contribution in [2.75, 3.05) is 45.9 Å². The number of urea groups is 1. The monoisotopic (exact) mass is 1100 g/mol. The van der Waals surface area contributed by atoms with Crippen molar-refractivity contribution in [3.8, 4) is 17.6 Å². The van der Waals surface area contributed by atoms with Gasteiger partial charge < -0.3 is 37.5 Å². The number of amides is 2. The molecule has 0 radical (unpaired) electrons. The first-order chi connectivity index (χ1) is 38.5. The number of rotatable bonds is 27. The average molecular weight is 1110 g/mol. The predicted molar refractivity (Wildman–Crippen MR) is 310 cm³/mol. The number of benzene rings is 6. The second-order valence-electron chi connectivity index (χ2n) is 19.3. The van der Waals surface area contributed by atoms with Gasteiger partial charge in [-0.1, -0.05) is 146 Å². The number of carbonyl (C=O) groups excluding carboxylic acids is 1. The highest BCUT2D eigenvalue weighted by Crippen LogP contribution is 2.52. The van der Waals surface area contributed by atoms with Gasteiger partial charge in [0, 0.05) is 43.3 Å². The third-order valence-electron chi connectivity index (χ3n) is 13.5. The lowest BCUT2D eigenvalue weighted by atomic mass is 9.80. The van der Waals surface area contributed by atoms with Crippen molar-refractivity contribution in [1.82, 2.24) is 19.5 Å². The highest BCUT2D eigenvalue weighted by molar-refractivity contribution is 7.96. The van der Waals surface area contributed by atoms with E-state index in [1.54, 1.807) is 26.5 Å². The van der Waals surface area contributed by atoms with Gasteiger partial charge in [-0.05, 0) is 97.8 Å². The van der Waals surface area contributed by atoms with Gasteiger partial charge in [0.25, 0.3) is 8.53 Å². The SMILES string of the molecule is COc1ccc(C(OC[C@H]2O[C@@H](n3ccc(NC(=O)NCCCOSC(c4ccccc4)(c4ccccc4)c4ccccc4)nc3=O)C[C@@H]2OP(OCCC#N)N(C(C)C)C(C)C)(c2ccccc2)c2ccc(OC)cc2)cc1. The number of hydrogen-bond acceptors (Lipinski definition) is 13. The normalized spacial score (nSPS) is 15.9. The molecule has 1 fully saturated rings. The van der Waals surface area contributed by atoms with E-state index in [9.17, 15) is 14.9 Å². The van der Waals surface area contributed by atoms with E-state index in [1.807, 2.05) is 133 Å². The van der Waals surface area contributed by atoms with Gasteiger partial charge in [-0.25, -0.2) is 14.3 Å². The molecule has 0 saturated carbocycles. The van der Waals surface area contributed by atoms with Crippen molar-refractivity contribution in [3.63, 3.8) is 0 Å². The predicted octanol–water partition coefficient (Wildman–Crippen LogP) is 12.4. The minimum atomic E-state index is -1.74. The van der Waals surface area contributed by atoms with Crippen molar-refractivity contribution in [2.45, 2.75) is 87.8 Å². The number of carbonyl (C=O) groups is 1. The third-order valence-corrected chi connectivity index (χ3v) is 16.9. The fraction of sp³-hybridized carbons (Fsp3) is 0.323. The summed E-state index contributed by atoms with van der Waals surface area (Å²) in [5.41, 5.74) is 3.93. The molecule has 4 atom stereocenters. The van der Waals surface area contributed by atoms with E-state index in [-0.39, 0.29) is 44.0 Å².